The highest BCUT2D eigenvalue weighted by atomic mass is 16.3. The first-order valence-electron chi connectivity index (χ1n) is 9.72. The van der Waals surface area contributed by atoms with Gasteiger partial charge in [-0.1, -0.05) is 18.2 Å². The van der Waals surface area contributed by atoms with Gasteiger partial charge in [0.1, 0.15) is 11.5 Å². The van der Waals surface area contributed by atoms with Crippen molar-refractivity contribution < 1.29 is 24.9 Å². The second kappa shape index (κ2) is 10.1. The van der Waals surface area contributed by atoms with Gasteiger partial charge in [-0.3, -0.25) is 9.59 Å². The molecule has 1 amide bonds. The van der Waals surface area contributed by atoms with Crippen molar-refractivity contribution in [2.75, 3.05) is 12.3 Å². The van der Waals surface area contributed by atoms with Crippen LogP contribution in [0.4, 0.5) is 5.69 Å². The van der Waals surface area contributed by atoms with Crippen molar-refractivity contribution in [1.82, 2.24) is 10.6 Å². The number of aromatic hydroxyl groups is 2. The zero-order valence-corrected chi connectivity index (χ0v) is 17.3. The highest BCUT2D eigenvalue weighted by molar-refractivity contribution is 6.07. The van der Waals surface area contributed by atoms with E-state index in [1.165, 1.54) is 26.0 Å². The largest absolute Gasteiger partial charge is 0.508 e. The minimum Gasteiger partial charge on any atom is -0.508 e. The Morgan fingerprint density at radius 1 is 1.07 bits per heavy atom. The number of phenolic OH excluding ortho intramolecular Hbond substituents is 2. The van der Waals surface area contributed by atoms with Crippen LogP contribution in [0.2, 0.25) is 0 Å². The first-order chi connectivity index (χ1) is 14.1. The van der Waals surface area contributed by atoms with E-state index in [-0.39, 0.29) is 46.8 Å². The highest BCUT2D eigenvalue weighted by Gasteiger charge is 2.26. The number of aliphatic hydroxyl groups excluding tert-OH is 1. The monoisotopic (exact) mass is 415 g/mol. The van der Waals surface area contributed by atoms with Gasteiger partial charge in [-0.25, -0.2) is 0 Å². The van der Waals surface area contributed by atoms with Crippen LogP contribution in [0.25, 0.3) is 0 Å². The Kier molecular flexibility index (Phi) is 7.79. The number of carbonyl (C=O) groups is 2. The van der Waals surface area contributed by atoms with Crippen molar-refractivity contribution in [3.63, 3.8) is 0 Å². The van der Waals surface area contributed by atoms with Crippen LogP contribution in [0, 0.1) is 0 Å². The smallest absolute Gasteiger partial charge is 0.217 e. The number of nitrogen functional groups attached to an aromatic ring is 1. The third-order valence-corrected chi connectivity index (χ3v) is 4.81. The molecule has 0 bridgehead atoms. The van der Waals surface area contributed by atoms with Gasteiger partial charge in [0.2, 0.25) is 5.91 Å². The van der Waals surface area contributed by atoms with Crippen LogP contribution in [0.5, 0.6) is 11.5 Å². The normalized spacial score (nSPS) is 14.0. The lowest BCUT2D eigenvalue weighted by Crippen LogP contribution is -2.38. The number of ketones is 1. The van der Waals surface area contributed by atoms with E-state index < -0.39 is 17.9 Å². The summed E-state index contributed by atoms with van der Waals surface area (Å²) >= 11 is 0. The zero-order valence-electron chi connectivity index (χ0n) is 17.3. The van der Waals surface area contributed by atoms with Crippen molar-refractivity contribution in [2.45, 2.75) is 45.4 Å². The Morgan fingerprint density at radius 2 is 1.70 bits per heavy atom. The Morgan fingerprint density at radius 3 is 2.30 bits per heavy atom. The first kappa shape index (κ1) is 23.2. The Bertz CT molecular complexity index is 898. The van der Waals surface area contributed by atoms with Crippen molar-refractivity contribution >= 4 is 17.4 Å². The molecule has 0 aliphatic heterocycles. The molecule has 8 heteroatoms. The number of amides is 1. The molecule has 0 aliphatic carbocycles. The zero-order chi connectivity index (χ0) is 22.4. The molecule has 0 spiro atoms. The summed E-state index contributed by atoms with van der Waals surface area (Å²) in [5.74, 6) is -0.936. The predicted molar refractivity (Wildman–Crippen MR) is 114 cm³/mol. The van der Waals surface area contributed by atoms with Crippen LogP contribution >= 0.6 is 0 Å². The predicted octanol–water partition coefficient (Wildman–Crippen LogP) is 1.64. The number of aliphatic hydroxyl groups is 1. The molecule has 8 nitrogen and oxygen atoms in total. The quantitative estimate of drug-likeness (QED) is 0.207. The van der Waals surface area contributed by atoms with Gasteiger partial charge in [-0.15, -0.1) is 0 Å². The van der Waals surface area contributed by atoms with Gasteiger partial charge in [-0.05, 0) is 49.6 Å². The molecule has 7 N–H and O–H groups in total. The number of rotatable bonds is 9. The summed E-state index contributed by atoms with van der Waals surface area (Å²) in [4.78, 5) is 24.1. The second-order valence-electron chi connectivity index (χ2n) is 7.44. The topological polar surface area (TPSA) is 145 Å². The molecule has 0 saturated heterocycles. The number of nitrogens with two attached hydrogens (primary N) is 1. The summed E-state index contributed by atoms with van der Waals surface area (Å²) in [6, 6.07) is 8.81. The van der Waals surface area contributed by atoms with Gasteiger partial charge >= 0.3 is 0 Å². The number of hydrogen-bond donors (Lipinski definition) is 6. The summed E-state index contributed by atoms with van der Waals surface area (Å²) < 4.78 is 0. The highest BCUT2D eigenvalue weighted by Crippen LogP contribution is 2.31. The van der Waals surface area contributed by atoms with Crippen molar-refractivity contribution in [3.8, 4) is 11.5 Å². The van der Waals surface area contributed by atoms with Crippen LogP contribution in [0.15, 0.2) is 36.4 Å². The number of hydrogen-bond acceptors (Lipinski definition) is 7. The maximum Gasteiger partial charge on any atom is 0.217 e. The summed E-state index contributed by atoms with van der Waals surface area (Å²) in [5, 5.41) is 35.7. The van der Waals surface area contributed by atoms with E-state index >= 15 is 0 Å². The van der Waals surface area contributed by atoms with Gasteiger partial charge in [-0.2, -0.15) is 0 Å². The SMILES string of the molecule is CC(=O)N[C@@H](C)C(=O)c1c(C(O)CNC(C)Cc2ccc(O)cc2)ccc(O)c1N. The molecule has 0 saturated carbocycles. The lowest BCUT2D eigenvalue weighted by molar-refractivity contribution is -0.119. The first-order valence-corrected chi connectivity index (χ1v) is 9.72. The second-order valence-corrected chi connectivity index (χ2v) is 7.44. The van der Waals surface area contributed by atoms with Gasteiger partial charge < -0.3 is 31.7 Å². The molecule has 2 aromatic carbocycles. The van der Waals surface area contributed by atoms with E-state index in [2.05, 4.69) is 10.6 Å². The maximum atomic E-state index is 12.8. The summed E-state index contributed by atoms with van der Waals surface area (Å²) in [7, 11) is 0. The van der Waals surface area contributed by atoms with Crippen LogP contribution < -0.4 is 16.4 Å². The molecule has 0 aromatic heterocycles. The number of phenols is 2. The fraction of sp³-hybridized carbons (Fsp3) is 0.364. The van der Waals surface area contributed by atoms with Gasteiger partial charge in [0, 0.05) is 19.5 Å². The van der Waals surface area contributed by atoms with Crippen LogP contribution in [0.1, 0.15) is 48.4 Å². The van der Waals surface area contributed by atoms with Crippen LogP contribution in [-0.4, -0.2) is 45.6 Å². The molecular formula is C22H29N3O5. The maximum absolute atomic E-state index is 12.8. The number of Topliss-reactive ketones (excluding diaryl/α,β-unsaturated/α-hetero) is 1. The molecule has 2 rings (SSSR count). The average Bonchev–Trinajstić information content (AvgIpc) is 2.68. The minimum atomic E-state index is -1.06. The van der Waals surface area contributed by atoms with Gasteiger partial charge in [0.25, 0.3) is 0 Å². The molecule has 2 unspecified atom stereocenters. The van der Waals surface area contributed by atoms with Crippen molar-refractivity contribution in [3.05, 3.63) is 53.1 Å². The Hall–Kier alpha value is -3.10. The van der Waals surface area contributed by atoms with E-state index in [4.69, 9.17) is 5.73 Å². The molecule has 3 atom stereocenters. The van der Waals surface area contributed by atoms with E-state index in [0.29, 0.717) is 6.42 Å². The fourth-order valence-electron chi connectivity index (χ4n) is 3.25. The Balaban J connectivity index is 2.13. The summed E-state index contributed by atoms with van der Waals surface area (Å²) in [5.41, 5.74) is 7.09. The van der Waals surface area contributed by atoms with Crippen molar-refractivity contribution in [2.24, 2.45) is 0 Å². The van der Waals surface area contributed by atoms with Gasteiger partial charge in [0.05, 0.1) is 23.4 Å². The van der Waals surface area contributed by atoms with Gasteiger partial charge in [0.15, 0.2) is 5.78 Å². The third kappa shape index (κ3) is 5.95. The molecule has 30 heavy (non-hydrogen) atoms. The molecule has 0 radical (unpaired) electrons. The Labute approximate surface area is 175 Å². The number of nitrogens with one attached hydrogen (secondary N) is 2. The number of carbonyl (C=O) groups excluding carboxylic acids is 2. The molecule has 162 valence electrons. The number of benzene rings is 2. The lowest BCUT2D eigenvalue weighted by atomic mass is 9.93. The third-order valence-electron chi connectivity index (χ3n) is 4.81. The number of anilines is 1. The molecule has 2 aromatic rings. The standard InChI is InChI=1S/C22H29N3O5/c1-12(10-15-4-6-16(27)7-5-15)24-11-19(29)17-8-9-18(28)21(23)20(17)22(30)13(2)25-14(3)26/h4-9,12-13,19,24,27-29H,10-11,23H2,1-3H3,(H,25,26)/t12?,13-,19?/m0/s1. The van der Waals surface area contributed by atoms with Crippen LogP contribution in [0.3, 0.4) is 0 Å². The van der Waals surface area contributed by atoms with E-state index in [1.54, 1.807) is 12.1 Å². The molecular weight excluding hydrogens is 386 g/mol. The van der Waals surface area contributed by atoms with E-state index in [1.807, 2.05) is 19.1 Å². The molecule has 0 heterocycles. The summed E-state index contributed by atoms with van der Waals surface area (Å²) in [6.45, 7) is 4.92. The minimum absolute atomic E-state index is 0.00302. The van der Waals surface area contributed by atoms with Crippen molar-refractivity contribution in [1.29, 1.82) is 0 Å². The summed E-state index contributed by atoms with van der Waals surface area (Å²) in [6.07, 6.45) is -0.380. The van der Waals surface area contributed by atoms with Crippen LogP contribution in [-0.2, 0) is 11.2 Å². The lowest BCUT2D eigenvalue weighted by Gasteiger charge is -2.22. The molecule has 0 aliphatic rings. The van der Waals surface area contributed by atoms with E-state index in [9.17, 15) is 24.9 Å². The average molecular weight is 415 g/mol. The molecule has 0 fully saturated rings. The van der Waals surface area contributed by atoms with E-state index in [0.717, 1.165) is 5.56 Å². The fourth-order valence-corrected chi connectivity index (χ4v) is 3.25.